The Morgan fingerprint density at radius 2 is 0.882 bits per heavy atom. The SMILES string of the molecule is CCCCC/C=C/C/C=C/C/C=C/CCCCC(=O)OC[C@H](CO[C@H]1O[C@@H](CO[C@H]2O[C@@H](CO)[C@@H](O)C(O)C2O)[C@@H](O)C(O)C1O)OC(=O)CCCCCCCCC/C=C/C/C=C/CCCCC. The summed E-state index contributed by atoms with van der Waals surface area (Å²) in [6.07, 6.45) is 28.2. The average Bonchev–Trinajstić information content (AvgIpc) is 3.33. The Balaban J connectivity index is 1.83. The second-order valence-electron chi connectivity index (χ2n) is 18.0. The van der Waals surface area contributed by atoms with Crippen molar-refractivity contribution in [1.29, 1.82) is 0 Å². The molecule has 2 aliphatic heterocycles. The number of aliphatic hydroxyl groups is 7. The highest BCUT2D eigenvalue weighted by molar-refractivity contribution is 5.70. The molecule has 2 fully saturated rings. The Kier molecular flexibility index (Phi) is 36.0. The summed E-state index contributed by atoms with van der Waals surface area (Å²) in [6.45, 7) is 2.48. The summed E-state index contributed by atoms with van der Waals surface area (Å²) in [5.41, 5.74) is 0. The lowest BCUT2D eigenvalue weighted by Crippen LogP contribution is -2.61. The van der Waals surface area contributed by atoms with E-state index >= 15 is 0 Å². The van der Waals surface area contributed by atoms with Crippen LogP contribution in [0.1, 0.15) is 168 Å². The maximum Gasteiger partial charge on any atom is 0.306 e. The number of hydrogen-bond donors (Lipinski definition) is 7. The van der Waals surface area contributed by atoms with Gasteiger partial charge in [-0.05, 0) is 83.5 Å². The molecule has 2 heterocycles. The largest absolute Gasteiger partial charge is 0.462 e. The van der Waals surface area contributed by atoms with Gasteiger partial charge in [-0.2, -0.15) is 0 Å². The molecule has 0 spiro atoms. The fourth-order valence-corrected chi connectivity index (χ4v) is 7.66. The van der Waals surface area contributed by atoms with Gasteiger partial charge in [0.15, 0.2) is 18.7 Å². The summed E-state index contributed by atoms with van der Waals surface area (Å²) < 4.78 is 33.5. The third kappa shape index (κ3) is 27.6. The lowest BCUT2D eigenvalue weighted by molar-refractivity contribution is -0.332. The van der Waals surface area contributed by atoms with Gasteiger partial charge in [0.1, 0.15) is 55.4 Å². The molecular formula is C53H90O15. The number of aliphatic hydroxyl groups excluding tert-OH is 7. The van der Waals surface area contributed by atoms with E-state index in [0.717, 1.165) is 89.9 Å². The molecule has 15 heteroatoms. The first kappa shape index (κ1) is 61.3. The minimum Gasteiger partial charge on any atom is -0.462 e. The number of unbranched alkanes of at least 4 members (excludes halogenated alkanes) is 15. The van der Waals surface area contributed by atoms with Gasteiger partial charge in [-0.25, -0.2) is 0 Å². The molecule has 392 valence electrons. The van der Waals surface area contributed by atoms with E-state index in [-0.39, 0.29) is 19.4 Å². The van der Waals surface area contributed by atoms with Crippen molar-refractivity contribution in [2.24, 2.45) is 0 Å². The molecule has 68 heavy (non-hydrogen) atoms. The van der Waals surface area contributed by atoms with Crippen molar-refractivity contribution >= 4 is 11.9 Å². The molecular weight excluding hydrogens is 877 g/mol. The minimum atomic E-state index is -1.77. The molecule has 11 atom stereocenters. The van der Waals surface area contributed by atoms with Crippen molar-refractivity contribution in [3.8, 4) is 0 Å². The molecule has 0 radical (unpaired) electrons. The van der Waals surface area contributed by atoms with Gasteiger partial charge in [0.05, 0.1) is 19.8 Å². The van der Waals surface area contributed by atoms with Crippen LogP contribution in [0, 0.1) is 0 Å². The zero-order chi connectivity index (χ0) is 49.6. The van der Waals surface area contributed by atoms with E-state index in [2.05, 4.69) is 74.6 Å². The predicted molar refractivity (Wildman–Crippen MR) is 261 cm³/mol. The molecule has 0 aromatic rings. The minimum absolute atomic E-state index is 0.145. The smallest absolute Gasteiger partial charge is 0.306 e. The summed E-state index contributed by atoms with van der Waals surface area (Å²) in [5, 5.41) is 72.1. The number of ether oxygens (including phenoxy) is 6. The van der Waals surface area contributed by atoms with Crippen molar-refractivity contribution in [3.63, 3.8) is 0 Å². The van der Waals surface area contributed by atoms with Crippen LogP contribution in [0.4, 0.5) is 0 Å². The number of hydrogen-bond acceptors (Lipinski definition) is 15. The average molecular weight is 967 g/mol. The quantitative estimate of drug-likeness (QED) is 0.0183. The van der Waals surface area contributed by atoms with Gasteiger partial charge in [0.25, 0.3) is 0 Å². The number of carbonyl (C=O) groups excluding carboxylic acids is 2. The molecule has 0 aromatic heterocycles. The van der Waals surface area contributed by atoms with Crippen LogP contribution >= 0.6 is 0 Å². The second-order valence-corrected chi connectivity index (χ2v) is 18.0. The highest BCUT2D eigenvalue weighted by atomic mass is 16.7. The van der Waals surface area contributed by atoms with Gasteiger partial charge in [0.2, 0.25) is 0 Å². The molecule has 0 amide bonds. The lowest BCUT2D eigenvalue weighted by Gasteiger charge is -2.42. The van der Waals surface area contributed by atoms with Gasteiger partial charge in [-0.1, -0.05) is 132 Å². The summed E-state index contributed by atoms with van der Waals surface area (Å²) in [4.78, 5) is 25.7. The van der Waals surface area contributed by atoms with Gasteiger partial charge >= 0.3 is 11.9 Å². The standard InChI is InChI=1S/C53H90O15/c1-3-5-7-9-11-13-15-17-19-20-22-24-26-28-30-32-34-36-45(56)66-41(38-63-44(55)35-33-31-29-27-25-23-21-18-16-14-12-10-8-6-4-2)39-64-52-51(62)49(60)47(58)43(68-52)40-65-53-50(61)48(59)46(57)42(37-54)67-53/h11-14,17-19,21,25,27,41-43,46-54,57-62H,3-10,15-16,20,22-24,26,28-40H2,1-2H3/b13-11+,14-12+,19-17+,21-18+,27-25+/t41-,42+,43+,46-,47-,48?,49?,50?,51?,52+,53+/m1/s1. The van der Waals surface area contributed by atoms with Crippen molar-refractivity contribution < 1.29 is 73.8 Å². The fraction of sp³-hybridized carbons (Fsp3) is 0.774. The van der Waals surface area contributed by atoms with E-state index in [1.807, 2.05) is 0 Å². The van der Waals surface area contributed by atoms with E-state index in [9.17, 15) is 45.3 Å². The van der Waals surface area contributed by atoms with Crippen LogP contribution in [-0.2, 0) is 38.0 Å². The monoisotopic (exact) mass is 967 g/mol. The van der Waals surface area contributed by atoms with E-state index in [1.165, 1.54) is 38.5 Å². The van der Waals surface area contributed by atoms with Crippen LogP contribution in [0.15, 0.2) is 60.8 Å². The molecule has 0 aromatic carbocycles. The third-order valence-corrected chi connectivity index (χ3v) is 12.0. The van der Waals surface area contributed by atoms with Gasteiger partial charge < -0.3 is 64.2 Å². The van der Waals surface area contributed by atoms with Gasteiger partial charge in [-0.15, -0.1) is 0 Å². The van der Waals surface area contributed by atoms with Crippen molar-refractivity contribution in [3.05, 3.63) is 60.8 Å². The van der Waals surface area contributed by atoms with E-state index in [1.54, 1.807) is 0 Å². The first-order valence-corrected chi connectivity index (χ1v) is 25.9. The Hall–Kier alpha value is -2.80. The molecule has 2 rings (SSSR count). The van der Waals surface area contributed by atoms with Crippen LogP contribution < -0.4 is 0 Å². The number of rotatable bonds is 39. The van der Waals surface area contributed by atoms with Crippen LogP contribution in [0.3, 0.4) is 0 Å². The summed E-state index contributed by atoms with van der Waals surface area (Å²) >= 11 is 0. The number of allylic oxidation sites excluding steroid dienone is 10. The van der Waals surface area contributed by atoms with Gasteiger partial charge in [-0.3, -0.25) is 9.59 Å². The highest BCUT2D eigenvalue weighted by Gasteiger charge is 2.47. The normalized spacial score (nSPS) is 26.2. The first-order valence-electron chi connectivity index (χ1n) is 25.9. The lowest BCUT2D eigenvalue weighted by atomic mass is 9.98. The summed E-state index contributed by atoms with van der Waals surface area (Å²) in [7, 11) is 0. The highest BCUT2D eigenvalue weighted by Crippen LogP contribution is 2.26. The molecule has 15 nitrogen and oxygen atoms in total. The van der Waals surface area contributed by atoms with Crippen LogP contribution in [0.5, 0.6) is 0 Å². The first-order chi connectivity index (χ1) is 33.0. The van der Waals surface area contributed by atoms with Crippen molar-refractivity contribution in [2.45, 2.75) is 235 Å². The zero-order valence-corrected chi connectivity index (χ0v) is 41.3. The second kappa shape index (κ2) is 39.9. The summed E-state index contributed by atoms with van der Waals surface area (Å²) in [5.74, 6) is -0.982. The maximum absolute atomic E-state index is 13.0. The van der Waals surface area contributed by atoms with Crippen LogP contribution in [0.2, 0.25) is 0 Å². The Morgan fingerprint density at radius 1 is 0.471 bits per heavy atom. The van der Waals surface area contributed by atoms with E-state index in [4.69, 9.17) is 28.4 Å². The van der Waals surface area contributed by atoms with Gasteiger partial charge in [0, 0.05) is 12.8 Å². The Labute approximate surface area is 407 Å². The molecule has 2 aliphatic rings. The molecule has 2 saturated heterocycles. The number of carbonyl (C=O) groups is 2. The summed E-state index contributed by atoms with van der Waals surface area (Å²) in [6, 6.07) is 0. The van der Waals surface area contributed by atoms with E-state index < -0.39 is 99.3 Å². The van der Waals surface area contributed by atoms with Crippen LogP contribution in [0.25, 0.3) is 0 Å². The Morgan fingerprint density at radius 3 is 1.41 bits per heavy atom. The molecule has 0 saturated carbocycles. The predicted octanol–water partition coefficient (Wildman–Crippen LogP) is 7.27. The molecule has 7 N–H and O–H groups in total. The zero-order valence-electron chi connectivity index (χ0n) is 41.3. The number of esters is 2. The maximum atomic E-state index is 13.0. The molecule has 4 unspecified atom stereocenters. The Bertz CT molecular complexity index is 1420. The van der Waals surface area contributed by atoms with E-state index in [0.29, 0.717) is 12.8 Å². The van der Waals surface area contributed by atoms with Crippen molar-refractivity contribution in [1.82, 2.24) is 0 Å². The molecule has 0 bridgehead atoms. The topological polar surface area (TPSA) is 231 Å². The molecule has 0 aliphatic carbocycles. The third-order valence-electron chi connectivity index (χ3n) is 12.0. The van der Waals surface area contributed by atoms with Crippen molar-refractivity contribution in [2.75, 3.05) is 26.4 Å². The van der Waals surface area contributed by atoms with Crippen LogP contribution in [-0.4, -0.2) is 142 Å². The fourth-order valence-electron chi connectivity index (χ4n) is 7.66.